The molecule has 1 aliphatic rings. The molecule has 0 amide bonds. The van der Waals surface area contributed by atoms with Crippen LogP contribution < -0.4 is 0 Å². The summed E-state index contributed by atoms with van der Waals surface area (Å²) in [7, 11) is 0. The number of alkyl halides is 1. The Bertz CT molecular complexity index is 337. The number of rotatable bonds is 2. The van der Waals surface area contributed by atoms with Gasteiger partial charge in [-0.05, 0) is 36.8 Å². The SMILES string of the molecule is Fc1ccccc1CC1CCCCCC1Cl. The summed E-state index contributed by atoms with van der Waals surface area (Å²) < 4.78 is 13.5. The second-order valence-electron chi connectivity index (χ2n) is 4.71. The monoisotopic (exact) mass is 240 g/mol. The van der Waals surface area contributed by atoms with Gasteiger partial charge in [0.1, 0.15) is 5.82 Å². The maximum atomic E-state index is 13.5. The molecule has 2 rings (SSSR count). The lowest BCUT2D eigenvalue weighted by molar-refractivity contribution is 0.454. The Hall–Kier alpha value is -0.560. The first-order valence-electron chi connectivity index (χ1n) is 6.15. The molecule has 0 saturated heterocycles. The van der Waals surface area contributed by atoms with Gasteiger partial charge in [-0.3, -0.25) is 0 Å². The van der Waals surface area contributed by atoms with Crippen LogP contribution >= 0.6 is 11.6 Å². The molecule has 1 aromatic rings. The van der Waals surface area contributed by atoms with Gasteiger partial charge in [0.25, 0.3) is 0 Å². The van der Waals surface area contributed by atoms with Crippen LogP contribution in [0.3, 0.4) is 0 Å². The Kier molecular flexibility index (Phi) is 4.22. The maximum absolute atomic E-state index is 13.5. The highest BCUT2D eigenvalue weighted by molar-refractivity contribution is 6.20. The summed E-state index contributed by atoms with van der Waals surface area (Å²) >= 11 is 6.37. The van der Waals surface area contributed by atoms with Gasteiger partial charge in [-0.1, -0.05) is 37.5 Å². The Morgan fingerprint density at radius 2 is 1.88 bits per heavy atom. The predicted octanol–water partition coefficient (Wildman–Crippen LogP) is 4.56. The molecule has 1 saturated carbocycles. The van der Waals surface area contributed by atoms with Crippen LogP contribution in [-0.2, 0) is 6.42 Å². The van der Waals surface area contributed by atoms with E-state index in [1.54, 1.807) is 6.07 Å². The van der Waals surface area contributed by atoms with Gasteiger partial charge in [-0.2, -0.15) is 0 Å². The maximum Gasteiger partial charge on any atom is 0.126 e. The van der Waals surface area contributed by atoms with Gasteiger partial charge in [-0.25, -0.2) is 4.39 Å². The predicted molar refractivity (Wildman–Crippen MR) is 66.3 cm³/mol. The number of hydrogen-bond acceptors (Lipinski definition) is 0. The molecule has 2 heteroatoms. The fraction of sp³-hybridized carbons (Fsp3) is 0.571. The van der Waals surface area contributed by atoms with Gasteiger partial charge < -0.3 is 0 Å². The summed E-state index contributed by atoms with van der Waals surface area (Å²) in [5, 5.41) is 0.224. The molecular weight excluding hydrogens is 223 g/mol. The van der Waals surface area contributed by atoms with E-state index in [0.29, 0.717) is 5.92 Å². The zero-order valence-corrected chi connectivity index (χ0v) is 10.2. The molecule has 0 spiro atoms. The first-order valence-corrected chi connectivity index (χ1v) is 6.58. The van der Waals surface area contributed by atoms with Crippen LogP contribution in [0.5, 0.6) is 0 Å². The molecule has 1 aliphatic carbocycles. The van der Waals surface area contributed by atoms with Gasteiger partial charge in [0, 0.05) is 5.38 Å². The molecule has 1 aromatic carbocycles. The first-order chi connectivity index (χ1) is 7.77. The normalized spacial score (nSPS) is 26.4. The number of halogens is 2. The van der Waals surface area contributed by atoms with Crippen LogP contribution in [0, 0.1) is 11.7 Å². The third kappa shape index (κ3) is 2.98. The fourth-order valence-corrected chi connectivity index (χ4v) is 2.88. The Morgan fingerprint density at radius 1 is 1.12 bits per heavy atom. The summed E-state index contributed by atoms with van der Waals surface area (Å²) in [5.74, 6) is 0.358. The lowest BCUT2D eigenvalue weighted by atomic mass is 9.92. The van der Waals surface area contributed by atoms with E-state index in [9.17, 15) is 4.39 Å². The average Bonchev–Trinajstić information content (AvgIpc) is 2.48. The van der Waals surface area contributed by atoms with Crippen molar-refractivity contribution in [2.24, 2.45) is 5.92 Å². The van der Waals surface area contributed by atoms with Gasteiger partial charge in [-0.15, -0.1) is 11.6 Å². The average molecular weight is 241 g/mol. The van der Waals surface area contributed by atoms with Crippen molar-refractivity contribution in [3.8, 4) is 0 Å². The van der Waals surface area contributed by atoms with Gasteiger partial charge in [0.05, 0.1) is 0 Å². The lowest BCUT2D eigenvalue weighted by Crippen LogP contribution is -2.16. The summed E-state index contributed by atoms with van der Waals surface area (Å²) in [6.07, 6.45) is 6.76. The summed E-state index contributed by atoms with van der Waals surface area (Å²) in [4.78, 5) is 0. The molecule has 0 aromatic heterocycles. The van der Waals surface area contributed by atoms with Gasteiger partial charge in [0.2, 0.25) is 0 Å². The molecule has 2 atom stereocenters. The minimum absolute atomic E-state index is 0.0874. The zero-order valence-electron chi connectivity index (χ0n) is 9.46. The molecule has 2 unspecified atom stereocenters. The van der Waals surface area contributed by atoms with Crippen molar-refractivity contribution in [3.05, 3.63) is 35.6 Å². The highest BCUT2D eigenvalue weighted by Gasteiger charge is 2.22. The van der Waals surface area contributed by atoms with Crippen molar-refractivity contribution >= 4 is 11.6 Å². The number of hydrogen-bond donors (Lipinski definition) is 0. The van der Waals surface area contributed by atoms with Crippen LogP contribution in [0.1, 0.15) is 37.7 Å². The van der Waals surface area contributed by atoms with Crippen molar-refractivity contribution < 1.29 is 4.39 Å². The lowest BCUT2D eigenvalue weighted by Gasteiger charge is -2.19. The van der Waals surface area contributed by atoms with Crippen LogP contribution in [0.2, 0.25) is 0 Å². The van der Waals surface area contributed by atoms with Crippen molar-refractivity contribution in [2.75, 3.05) is 0 Å². The summed E-state index contributed by atoms with van der Waals surface area (Å²) in [6, 6.07) is 7.06. The van der Waals surface area contributed by atoms with E-state index in [1.807, 2.05) is 12.1 Å². The largest absolute Gasteiger partial charge is 0.207 e. The van der Waals surface area contributed by atoms with Gasteiger partial charge >= 0.3 is 0 Å². The van der Waals surface area contributed by atoms with Gasteiger partial charge in [0.15, 0.2) is 0 Å². The number of benzene rings is 1. The third-order valence-electron chi connectivity index (χ3n) is 3.51. The summed E-state index contributed by atoms with van der Waals surface area (Å²) in [6.45, 7) is 0. The molecule has 0 aliphatic heterocycles. The van der Waals surface area contributed by atoms with E-state index in [4.69, 9.17) is 11.6 Å². The van der Waals surface area contributed by atoms with Crippen LogP contribution in [-0.4, -0.2) is 5.38 Å². The second-order valence-corrected chi connectivity index (χ2v) is 5.27. The van der Waals surface area contributed by atoms with E-state index >= 15 is 0 Å². The fourth-order valence-electron chi connectivity index (χ4n) is 2.52. The van der Waals surface area contributed by atoms with E-state index in [0.717, 1.165) is 24.8 Å². The molecule has 16 heavy (non-hydrogen) atoms. The third-order valence-corrected chi connectivity index (χ3v) is 4.08. The van der Waals surface area contributed by atoms with E-state index < -0.39 is 0 Å². The minimum Gasteiger partial charge on any atom is -0.207 e. The highest BCUT2D eigenvalue weighted by Crippen LogP contribution is 2.30. The van der Waals surface area contributed by atoms with E-state index in [1.165, 1.54) is 25.3 Å². The van der Waals surface area contributed by atoms with E-state index in [-0.39, 0.29) is 11.2 Å². The molecule has 1 fully saturated rings. The van der Waals surface area contributed by atoms with Crippen molar-refractivity contribution in [3.63, 3.8) is 0 Å². The summed E-state index contributed by atoms with van der Waals surface area (Å²) in [5.41, 5.74) is 0.819. The van der Waals surface area contributed by atoms with Crippen molar-refractivity contribution in [1.29, 1.82) is 0 Å². The minimum atomic E-state index is -0.0874. The Morgan fingerprint density at radius 3 is 2.69 bits per heavy atom. The topological polar surface area (TPSA) is 0 Å². The molecular formula is C14H18ClF. The van der Waals surface area contributed by atoms with Crippen LogP contribution in [0.15, 0.2) is 24.3 Å². The molecule has 0 heterocycles. The molecule has 88 valence electrons. The van der Waals surface area contributed by atoms with Crippen molar-refractivity contribution in [1.82, 2.24) is 0 Å². The second kappa shape index (κ2) is 5.67. The highest BCUT2D eigenvalue weighted by atomic mass is 35.5. The first kappa shape index (κ1) is 11.9. The smallest absolute Gasteiger partial charge is 0.126 e. The molecule has 0 N–H and O–H groups in total. The standard InChI is InChI=1S/C14H18ClF/c15-13-8-3-1-2-6-11(13)10-12-7-4-5-9-14(12)16/h4-5,7,9,11,13H,1-3,6,8,10H2. The zero-order chi connectivity index (χ0) is 11.4. The molecule has 0 nitrogen and oxygen atoms in total. The van der Waals surface area contributed by atoms with E-state index in [2.05, 4.69) is 0 Å². The Balaban J connectivity index is 2.05. The van der Waals surface area contributed by atoms with Crippen molar-refractivity contribution in [2.45, 2.75) is 43.9 Å². The molecule has 0 bridgehead atoms. The van der Waals surface area contributed by atoms with Crippen LogP contribution in [0.4, 0.5) is 4.39 Å². The van der Waals surface area contributed by atoms with Crippen LogP contribution in [0.25, 0.3) is 0 Å². The Labute approximate surface area is 102 Å². The molecule has 0 radical (unpaired) electrons. The quantitative estimate of drug-likeness (QED) is 0.525.